The standard InChI is InChI=1S/C13H23N/c1-3-5-6-7-8-9-10-11-13(4-2)12-14/h3,13H,1,4-11H2,2H3. The maximum absolute atomic E-state index is 8.74. The fraction of sp³-hybridized carbons (Fsp3) is 0.769. The van der Waals surface area contributed by atoms with Crippen molar-refractivity contribution in [3.63, 3.8) is 0 Å². The van der Waals surface area contributed by atoms with Crippen LogP contribution in [0, 0.1) is 17.2 Å². The van der Waals surface area contributed by atoms with E-state index in [0.29, 0.717) is 5.92 Å². The number of hydrogen-bond acceptors (Lipinski definition) is 1. The van der Waals surface area contributed by atoms with Gasteiger partial charge in [-0.25, -0.2) is 0 Å². The lowest BCUT2D eigenvalue weighted by molar-refractivity contribution is 0.518. The highest BCUT2D eigenvalue weighted by atomic mass is 14.3. The molecule has 0 aromatic rings. The first-order valence-electron chi connectivity index (χ1n) is 5.85. The van der Waals surface area contributed by atoms with Crippen molar-refractivity contribution in [3.8, 4) is 6.07 Å². The third kappa shape index (κ3) is 7.86. The van der Waals surface area contributed by atoms with Crippen LogP contribution in [0.5, 0.6) is 0 Å². The topological polar surface area (TPSA) is 23.8 Å². The Hall–Kier alpha value is -0.770. The minimum Gasteiger partial charge on any atom is -0.198 e. The van der Waals surface area contributed by atoms with Gasteiger partial charge in [-0.1, -0.05) is 38.7 Å². The molecule has 14 heavy (non-hydrogen) atoms. The van der Waals surface area contributed by atoms with Gasteiger partial charge in [-0.2, -0.15) is 5.26 Å². The van der Waals surface area contributed by atoms with E-state index in [2.05, 4.69) is 19.6 Å². The van der Waals surface area contributed by atoms with Gasteiger partial charge in [-0.15, -0.1) is 6.58 Å². The van der Waals surface area contributed by atoms with E-state index < -0.39 is 0 Å². The summed E-state index contributed by atoms with van der Waals surface area (Å²) in [4.78, 5) is 0. The third-order valence-electron chi connectivity index (χ3n) is 2.64. The van der Waals surface area contributed by atoms with Crippen LogP contribution < -0.4 is 0 Å². The summed E-state index contributed by atoms with van der Waals surface area (Å²) in [7, 11) is 0. The highest BCUT2D eigenvalue weighted by Gasteiger charge is 2.02. The molecular weight excluding hydrogens is 170 g/mol. The molecule has 0 aliphatic carbocycles. The van der Waals surface area contributed by atoms with Gasteiger partial charge < -0.3 is 0 Å². The molecule has 0 N–H and O–H groups in total. The zero-order chi connectivity index (χ0) is 10.6. The van der Waals surface area contributed by atoms with Crippen LogP contribution in [0.3, 0.4) is 0 Å². The SMILES string of the molecule is C=CCCCCCCCC(C#N)CC. The van der Waals surface area contributed by atoms with Crippen LogP contribution >= 0.6 is 0 Å². The molecule has 0 saturated carbocycles. The number of unbranched alkanes of at least 4 members (excludes halogenated alkanes) is 5. The molecule has 1 unspecified atom stereocenters. The van der Waals surface area contributed by atoms with E-state index in [1.165, 1.54) is 32.1 Å². The van der Waals surface area contributed by atoms with Crippen LogP contribution in [0.1, 0.15) is 58.3 Å². The van der Waals surface area contributed by atoms with Crippen LogP contribution in [-0.2, 0) is 0 Å². The summed E-state index contributed by atoms with van der Waals surface area (Å²) < 4.78 is 0. The van der Waals surface area contributed by atoms with Gasteiger partial charge >= 0.3 is 0 Å². The van der Waals surface area contributed by atoms with Crippen molar-refractivity contribution >= 4 is 0 Å². The molecule has 0 aromatic heterocycles. The minimum atomic E-state index is 0.295. The van der Waals surface area contributed by atoms with Crippen LogP contribution in [0.15, 0.2) is 12.7 Å². The monoisotopic (exact) mass is 193 g/mol. The second kappa shape index (κ2) is 10.3. The van der Waals surface area contributed by atoms with E-state index in [0.717, 1.165) is 19.3 Å². The number of allylic oxidation sites excluding steroid dienone is 1. The molecule has 0 aromatic carbocycles. The highest BCUT2D eigenvalue weighted by molar-refractivity contribution is 4.80. The Morgan fingerprint density at radius 1 is 1.21 bits per heavy atom. The Kier molecular flexibility index (Phi) is 9.74. The third-order valence-corrected chi connectivity index (χ3v) is 2.64. The zero-order valence-corrected chi connectivity index (χ0v) is 9.47. The highest BCUT2D eigenvalue weighted by Crippen LogP contribution is 2.14. The Bertz CT molecular complexity index is 167. The number of nitriles is 1. The van der Waals surface area contributed by atoms with Crippen molar-refractivity contribution in [1.82, 2.24) is 0 Å². The zero-order valence-electron chi connectivity index (χ0n) is 9.47. The van der Waals surface area contributed by atoms with Crippen molar-refractivity contribution in [2.75, 3.05) is 0 Å². The Morgan fingerprint density at radius 2 is 1.86 bits per heavy atom. The average Bonchev–Trinajstić information content (AvgIpc) is 2.22. The maximum Gasteiger partial charge on any atom is 0.0655 e. The summed E-state index contributed by atoms with van der Waals surface area (Å²) in [6, 6.07) is 2.35. The van der Waals surface area contributed by atoms with Crippen molar-refractivity contribution in [3.05, 3.63) is 12.7 Å². The molecule has 0 saturated heterocycles. The summed E-state index contributed by atoms with van der Waals surface area (Å²) in [6.45, 7) is 5.80. The van der Waals surface area contributed by atoms with E-state index in [-0.39, 0.29) is 0 Å². The van der Waals surface area contributed by atoms with Gasteiger partial charge in [0.15, 0.2) is 0 Å². The van der Waals surface area contributed by atoms with Crippen molar-refractivity contribution in [1.29, 1.82) is 5.26 Å². The van der Waals surface area contributed by atoms with Gasteiger partial charge in [0.05, 0.1) is 6.07 Å². The second-order valence-electron chi connectivity index (χ2n) is 3.87. The molecule has 1 nitrogen and oxygen atoms in total. The second-order valence-corrected chi connectivity index (χ2v) is 3.87. The van der Waals surface area contributed by atoms with E-state index in [1.807, 2.05) is 6.08 Å². The average molecular weight is 193 g/mol. The molecule has 0 aliphatic heterocycles. The summed E-state index contributed by atoms with van der Waals surface area (Å²) in [6.07, 6.45) is 11.7. The lowest BCUT2D eigenvalue weighted by atomic mass is 9.99. The molecule has 0 radical (unpaired) electrons. The van der Waals surface area contributed by atoms with Crippen LogP contribution in [0.4, 0.5) is 0 Å². The predicted molar refractivity (Wildman–Crippen MR) is 61.9 cm³/mol. The van der Waals surface area contributed by atoms with Gasteiger partial charge in [-0.05, 0) is 25.7 Å². The van der Waals surface area contributed by atoms with Crippen molar-refractivity contribution in [2.24, 2.45) is 5.92 Å². The molecule has 0 amide bonds. The number of rotatable bonds is 9. The minimum absolute atomic E-state index is 0.295. The smallest absolute Gasteiger partial charge is 0.0655 e. The Morgan fingerprint density at radius 3 is 2.43 bits per heavy atom. The lowest BCUT2D eigenvalue weighted by Crippen LogP contribution is -1.94. The summed E-state index contributed by atoms with van der Waals surface area (Å²) in [5.41, 5.74) is 0. The van der Waals surface area contributed by atoms with Gasteiger partial charge in [0.25, 0.3) is 0 Å². The van der Waals surface area contributed by atoms with E-state index in [1.54, 1.807) is 0 Å². The van der Waals surface area contributed by atoms with Crippen LogP contribution in [0.2, 0.25) is 0 Å². The lowest BCUT2D eigenvalue weighted by Gasteiger charge is -2.04. The normalized spacial score (nSPS) is 12.0. The first-order chi connectivity index (χ1) is 6.85. The predicted octanol–water partition coefficient (Wildman–Crippen LogP) is 4.45. The van der Waals surface area contributed by atoms with E-state index in [9.17, 15) is 0 Å². The van der Waals surface area contributed by atoms with E-state index >= 15 is 0 Å². The van der Waals surface area contributed by atoms with Crippen molar-refractivity contribution < 1.29 is 0 Å². The molecule has 0 bridgehead atoms. The van der Waals surface area contributed by atoms with Gasteiger partial charge in [-0.3, -0.25) is 0 Å². The van der Waals surface area contributed by atoms with Gasteiger partial charge in [0.2, 0.25) is 0 Å². The molecule has 0 heterocycles. The molecule has 0 fully saturated rings. The summed E-state index contributed by atoms with van der Waals surface area (Å²) >= 11 is 0. The van der Waals surface area contributed by atoms with Gasteiger partial charge in [0.1, 0.15) is 0 Å². The van der Waals surface area contributed by atoms with Crippen LogP contribution in [0.25, 0.3) is 0 Å². The van der Waals surface area contributed by atoms with Crippen molar-refractivity contribution in [2.45, 2.75) is 58.3 Å². The maximum atomic E-state index is 8.74. The number of nitrogens with zero attached hydrogens (tertiary/aromatic N) is 1. The first-order valence-corrected chi connectivity index (χ1v) is 5.85. The molecule has 0 spiro atoms. The molecule has 1 heteroatoms. The van der Waals surface area contributed by atoms with Crippen LogP contribution in [-0.4, -0.2) is 0 Å². The molecule has 0 rings (SSSR count). The summed E-state index contributed by atoms with van der Waals surface area (Å²) in [5, 5.41) is 8.74. The molecule has 1 atom stereocenters. The Labute approximate surface area is 88.8 Å². The number of hydrogen-bond donors (Lipinski definition) is 0. The first kappa shape index (κ1) is 13.2. The fourth-order valence-electron chi connectivity index (χ4n) is 1.57. The molecule has 80 valence electrons. The molecule has 0 aliphatic rings. The largest absolute Gasteiger partial charge is 0.198 e. The van der Waals surface area contributed by atoms with Gasteiger partial charge in [0, 0.05) is 5.92 Å². The summed E-state index contributed by atoms with van der Waals surface area (Å²) in [5.74, 6) is 0.295. The fourth-order valence-corrected chi connectivity index (χ4v) is 1.57. The quantitative estimate of drug-likeness (QED) is 0.392. The molecular formula is C13H23N. The Balaban J connectivity index is 3.13. The van der Waals surface area contributed by atoms with E-state index in [4.69, 9.17) is 5.26 Å².